The van der Waals surface area contributed by atoms with Crippen molar-refractivity contribution in [2.75, 3.05) is 19.7 Å². The monoisotopic (exact) mass is 154 g/mol. The Morgan fingerprint density at radius 1 is 1.55 bits per heavy atom. The molecule has 1 aliphatic rings. The number of carbonyl (C=O) groups excluding carboxylic acids is 1. The van der Waals surface area contributed by atoms with Crippen molar-refractivity contribution in [1.82, 2.24) is 4.90 Å². The van der Waals surface area contributed by atoms with Gasteiger partial charge in [-0.15, -0.1) is 0 Å². The summed E-state index contributed by atoms with van der Waals surface area (Å²) < 4.78 is 4.60. The third kappa shape index (κ3) is 2.11. The summed E-state index contributed by atoms with van der Waals surface area (Å²) in [4.78, 5) is 12.6. The van der Waals surface area contributed by atoms with E-state index < -0.39 is 0 Å². The standard InChI is InChI=1S/C7H10N2O2/c8-3-6-11-7(10)9-4-1-2-5-9/h1-2,4-6H2. The molecule has 11 heavy (non-hydrogen) atoms. The highest BCUT2D eigenvalue weighted by Crippen LogP contribution is 2.08. The number of carbonyl (C=O) groups is 1. The van der Waals surface area contributed by atoms with Gasteiger partial charge in [-0.1, -0.05) is 0 Å². The van der Waals surface area contributed by atoms with Crippen molar-refractivity contribution in [2.45, 2.75) is 12.8 Å². The molecule has 0 aromatic carbocycles. The van der Waals surface area contributed by atoms with E-state index in [4.69, 9.17) is 5.26 Å². The molecule has 0 unspecified atom stereocenters. The Morgan fingerprint density at radius 3 is 2.73 bits per heavy atom. The average molecular weight is 154 g/mol. The molecule has 0 N–H and O–H groups in total. The molecular weight excluding hydrogens is 144 g/mol. The fraction of sp³-hybridized carbons (Fsp3) is 0.714. The van der Waals surface area contributed by atoms with Crippen molar-refractivity contribution in [2.24, 2.45) is 0 Å². The molecule has 0 aliphatic carbocycles. The first-order valence-electron chi connectivity index (χ1n) is 3.63. The molecule has 0 spiro atoms. The fourth-order valence-electron chi connectivity index (χ4n) is 1.09. The molecule has 1 amide bonds. The fourth-order valence-corrected chi connectivity index (χ4v) is 1.09. The van der Waals surface area contributed by atoms with Gasteiger partial charge in [0.25, 0.3) is 0 Å². The van der Waals surface area contributed by atoms with Gasteiger partial charge >= 0.3 is 6.09 Å². The van der Waals surface area contributed by atoms with Crippen LogP contribution in [0.3, 0.4) is 0 Å². The molecule has 1 saturated heterocycles. The number of likely N-dealkylation sites (tertiary alicyclic amines) is 1. The maximum absolute atomic E-state index is 11.0. The highest BCUT2D eigenvalue weighted by Gasteiger charge is 2.18. The zero-order valence-corrected chi connectivity index (χ0v) is 6.25. The number of amides is 1. The van der Waals surface area contributed by atoms with Gasteiger partial charge in [-0.2, -0.15) is 5.26 Å². The Morgan fingerprint density at radius 2 is 2.18 bits per heavy atom. The predicted octanol–water partition coefficient (Wildman–Crippen LogP) is 0.742. The normalized spacial score (nSPS) is 16.1. The third-order valence-electron chi connectivity index (χ3n) is 1.62. The Balaban J connectivity index is 2.24. The van der Waals surface area contributed by atoms with E-state index in [1.165, 1.54) is 0 Å². The van der Waals surface area contributed by atoms with E-state index in [1.807, 2.05) is 0 Å². The molecule has 4 nitrogen and oxygen atoms in total. The van der Waals surface area contributed by atoms with Gasteiger partial charge in [0.2, 0.25) is 0 Å². The maximum atomic E-state index is 11.0. The molecule has 60 valence electrons. The minimum Gasteiger partial charge on any atom is -0.434 e. The average Bonchev–Trinajstić information content (AvgIpc) is 2.52. The van der Waals surface area contributed by atoms with Crippen molar-refractivity contribution < 1.29 is 9.53 Å². The van der Waals surface area contributed by atoms with Gasteiger partial charge in [-0.3, -0.25) is 0 Å². The summed E-state index contributed by atoms with van der Waals surface area (Å²) in [6.07, 6.45) is 1.73. The molecule has 4 heteroatoms. The molecule has 0 radical (unpaired) electrons. The van der Waals surface area contributed by atoms with Crippen LogP contribution < -0.4 is 0 Å². The lowest BCUT2D eigenvalue weighted by molar-refractivity contribution is 0.122. The molecule has 0 bridgehead atoms. The summed E-state index contributed by atoms with van der Waals surface area (Å²) in [5, 5.41) is 8.11. The molecular formula is C7H10N2O2. The third-order valence-corrected chi connectivity index (χ3v) is 1.62. The smallest absolute Gasteiger partial charge is 0.410 e. The Labute approximate surface area is 65.4 Å². The second kappa shape index (κ2) is 3.81. The molecule has 1 heterocycles. The Bertz CT molecular complexity index is 179. The van der Waals surface area contributed by atoms with Gasteiger partial charge in [-0.05, 0) is 12.8 Å². The predicted molar refractivity (Wildman–Crippen MR) is 37.8 cm³/mol. The summed E-state index contributed by atoms with van der Waals surface area (Å²) in [6, 6.07) is 1.75. The molecule has 0 atom stereocenters. The largest absolute Gasteiger partial charge is 0.434 e. The number of hydrogen-bond donors (Lipinski definition) is 0. The van der Waals surface area contributed by atoms with E-state index in [0.717, 1.165) is 25.9 Å². The van der Waals surface area contributed by atoms with Gasteiger partial charge in [0.05, 0.1) is 0 Å². The minimum absolute atomic E-state index is 0.144. The first-order valence-corrected chi connectivity index (χ1v) is 3.63. The zero-order chi connectivity index (χ0) is 8.10. The lowest BCUT2D eigenvalue weighted by Gasteiger charge is -2.12. The summed E-state index contributed by atoms with van der Waals surface area (Å²) >= 11 is 0. The lowest BCUT2D eigenvalue weighted by Crippen LogP contribution is -2.28. The summed E-state index contributed by atoms with van der Waals surface area (Å²) in [5.41, 5.74) is 0. The Kier molecular flexibility index (Phi) is 2.73. The second-order valence-corrected chi connectivity index (χ2v) is 2.41. The van der Waals surface area contributed by atoms with Gasteiger partial charge < -0.3 is 9.64 Å². The van der Waals surface area contributed by atoms with Gasteiger partial charge in [-0.25, -0.2) is 4.79 Å². The topological polar surface area (TPSA) is 53.3 Å². The van der Waals surface area contributed by atoms with Crippen LogP contribution in [0.2, 0.25) is 0 Å². The molecule has 1 rings (SSSR count). The van der Waals surface area contributed by atoms with Crippen molar-refractivity contribution >= 4 is 6.09 Å². The van der Waals surface area contributed by atoms with E-state index in [2.05, 4.69) is 4.74 Å². The maximum Gasteiger partial charge on any atom is 0.410 e. The minimum atomic E-state index is -0.357. The van der Waals surface area contributed by atoms with Crippen molar-refractivity contribution in [3.63, 3.8) is 0 Å². The number of rotatable bonds is 1. The number of hydrogen-bond acceptors (Lipinski definition) is 3. The molecule has 1 fully saturated rings. The van der Waals surface area contributed by atoms with Crippen LogP contribution in [0.15, 0.2) is 0 Å². The molecule has 1 aliphatic heterocycles. The van der Waals surface area contributed by atoms with Crippen LogP contribution in [-0.4, -0.2) is 30.7 Å². The first-order chi connectivity index (χ1) is 5.34. The lowest BCUT2D eigenvalue weighted by atomic mass is 10.4. The van der Waals surface area contributed by atoms with Crippen molar-refractivity contribution in [3.05, 3.63) is 0 Å². The summed E-state index contributed by atoms with van der Waals surface area (Å²) in [7, 11) is 0. The van der Waals surface area contributed by atoms with Crippen LogP contribution in [-0.2, 0) is 4.74 Å². The summed E-state index contributed by atoms with van der Waals surface area (Å²) in [5.74, 6) is 0. The number of nitrogens with zero attached hydrogens (tertiary/aromatic N) is 2. The van der Waals surface area contributed by atoms with Crippen LogP contribution in [0.25, 0.3) is 0 Å². The van der Waals surface area contributed by atoms with Gasteiger partial charge in [0.15, 0.2) is 6.61 Å². The van der Waals surface area contributed by atoms with E-state index >= 15 is 0 Å². The molecule has 0 saturated carbocycles. The van der Waals surface area contributed by atoms with E-state index in [-0.39, 0.29) is 12.7 Å². The highest BCUT2D eigenvalue weighted by molar-refractivity contribution is 5.67. The van der Waals surface area contributed by atoms with E-state index in [9.17, 15) is 4.79 Å². The van der Waals surface area contributed by atoms with Gasteiger partial charge in [0, 0.05) is 13.1 Å². The highest BCUT2D eigenvalue weighted by atomic mass is 16.6. The molecule has 0 aromatic heterocycles. The van der Waals surface area contributed by atoms with Crippen LogP contribution in [0.5, 0.6) is 0 Å². The van der Waals surface area contributed by atoms with Crippen molar-refractivity contribution in [3.8, 4) is 6.07 Å². The van der Waals surface area contributed by atoms with Crippen molar-refractivity contribution in [1.29, 1.82) is 5.26 Å². The van der Waals surface area contributed by atoms with Crippen LogP contribution >= 0.6 is 0 Å². The van der Waals surface area contributed by atoms with Gasteiger partial charge in [0.1, 0.15) is 6.07 Å². The van der Waals surface area contributed by atoms with Crippen LogP contribution in [0.1, 0.15) is 12.8 Å². The first kappa shape index (κ1) is 7.86. The quantitative estimate of drug-likeness (QED) is 0.559. The van der Waals surface area contributed by atoms with Crippen LogP contribution in [0, 0.1) is 11.3 Å². The number of ether oxygens (including phenoxy) is 1. The SMILES string of the molecule is N#CCOC(=O)N1CCCC1. The second-order valence-electron chi connectivity index (χ2n) is 2.41. The van der Waals surface area contributed by atoms with E-state index in [1.54, 1.807) is 11.0 Å². The zero-order valence-electron chi connectivity index (χ0n) is 6.25. The molecule has 0 aromatic rings. The van der Waals surface area contributed by atoms with E-state index in [0.29, 0.717) is 0 Å². The summed E-state index contributed by atoms with van der Waals surface area (Å²) in [6.45, 7) is 1.39. The van der Waals surface area contributed by atoms with Crippen LogP contribution in [0.4, 0.5) is 4.79 Å². The number of nitriles is 1. The Hall–Kier alpha value is -1.24.